The Morgan fingerprint density at radius 1 is 1.29 bits per heavy atom. The standard InChI is InChI=1S/C25H28FN5O2S/c1-33-12-13-34-25-27-15-20(17-4-2-5-18(26)14-17)22(28-25)16-8-10-31(11-9-16)24(32)23-19-6-3-7-21(19)29-30-23/h2,4-5,14-16H,3,6-13H2,1H3,(H,29,30). The van der Waals surface area contributed by atoms with Crippen molar-refractivity contribution < 1.29 is 13.9 Å². The Morgan fingerprint density at radius 2 is 2.15 bits per heavy atom. The summed E-state index contributed by atoms with van der Waals surface area (Å²) in [6.07, 6.45) is 6.35. The maximum Gasteiger partial charge on any atom is 0.274 e. The van der Waals surface area contributed by atoms with Crippen molar-refractivity contribution in [3.8, 4) is 11.1 Å². The van der Waals surface area contributed by atoms with Crippen LogP contribution in [0.5, 0.6) is 0 Å². The van der Waals surface area contributed by atoms with Gasteiger partial charge in [-0.3, -0.25) is 9.89 Å². The number of nitrogens with one attached hydrogen (secondary N) is 1. The SMILES string of the molecule is COCCSc1ncc(-c2cccc(F)c2)c(C2CCN(C(=O)c3n[nH]c4c3CCC4)CC2)n1. The molecule has 0 unspecified atom stereocenters. The maximum absolute atomic E-state index is 14.0. The van der Waals surface area contributed by atoms with Crippen LogP contribution in [0.1, 0.15) is 52.6 Å². The molecule has 1 amide bonds. The molecule has 1 aromatic carbocycles. The van der Waals surface area contributed by atoms with Crippen LogP contribution in [0.25, 0.3) is 11.1 Å². The van der Waals surface area contributed by atoms with Gasteiger partial charge in [0.2, 0.25) is 0 Å². The maximum atomic E-state index is 14.0. The molecule has 1 saturated heterocycles. The van der Waals surface area contributed by atoms with Crippen LogP contribution in [0.3, 0.4) is 0 Å². The van der Waals surface area contributed by atoms with Gasteiger partial charge in [-0.25, -0.2) is 14.4 Å². The van der Waals surface area contributed by atoms with Crippen LogP contribution in [0, 0.1) is 5.82 Å². The fourth-order valence-electron chi connectivity index (χ4n) is 4.86. The molecule has 3 heterocycles. The van der Waals surface area contributed by atoms with E-state index in [0.717, 1.165) is 65.9 Å². The highest BCUT2D eigenvalue weighted by Gasteiger charge is 2.31. The van der Waals surface area contributed by atoms with Crippen molar-refractivity contribution in [1.29, 1.82) is 0 Å². The molecule has 1 aliphatic carbocycles. The Kier molecular flexibility index (Phi) is 6.92. The third-order valence-electron chi connectivity index (χ3n) is 6.63. The van der Waals surface area contributed by atoms with Crippen molar-refractivity contribution in [2.75, 3.05) is 32.6 Å². The van der Waals surface area contributed by atoms with Gasteiger partial charge in [0.1, 0.15) is 5.82 Å². The first-order valence-electron chi connectivity index (χ1n) is 11.7. The molecule has 5 rings (SSSR count). The molecule has 1 aliphatic heterocycles. The number of fused-ring (bicyclic) bond motifs is 1. The average Bonchev–Trinajstić information content (AvgIpc) is 3.48. The molecule has 7 nitrogen and oxygen atoms in total. The number of aromatic amines is 1. The molecule has 3 aromatic rings. The number of thioether (sulfide) groups is 1. The van der Waals surface area contributed by atoms with E-state index in [-0.39, 0.29) is 17.6 Å². The molecule has 1 N–H and O–H groups in total. The summed E-state index contributed by atoms with van der Waals surface area (Å²) in [4.78, 5) is 24.5. The fraction of sp³-hybridized carbons (Fsp3) is 0.440. The fourth-order valence-corrected chi connectivity index (χ4v) is 5.58. The van der Waals surface area contributed by atoms with Crippen LogP contribution in [-0.2, 0) is 17.6 Å². The first kappa shape index (κ1) is 23.0. The van der Waals surface area contributed by atoms with Crippen LogP contribution in [-0.4, -0.2) is 63.5 Å². The van der Waals surface area contributed by atoms with E-state index in [1.165, 1.54) is 12.1 Å². The van der Waals surface area contributed by atoms with E-state index in [1.807, 2.05) is 11.0 Å². The van der Waals surface area contributed by atoms with Gasteiger partial charge in [-0.05, 0) is 49.8 Å². The second kappa shape index (κ2) is 10.2. The van der Waals surface area contributed by atoms with Gasteiger partial charge in [-0.1, -0.05) is 23.9 Å². The Balaban J connectivity index is 1.36. The first-order chi connectivity index (χ1) is 16.6. The number of halogens is 1. The van der Waals surface area contributed by atoms with Crippen molar-refractivity contribution in [3.05, 3.63) is 58.9 Å². The topological polar surface area (TPSA) is 84.0 Å². The Morgan fingerprint density at radius 3 is 2.94 bits per heavy atom. The smallest absolute Gasteiger partial charge is 0.274 e. The van der Waals surface area contributed by atoms with E-state index in [1.54, 1.807) is 31.1 Å². The molecular weight excluding hydrogens is 453 g/mol. The van der Waals surface area contributed by atoms with Crippen molar-refractivity contribution in [2.24, 2.45) is 0 Å². The molecular formula is C25H28FN5O2S. The zero-order valence-electron chi connectivity index (χ0n) is 19.2. The minimum absolute atomic E-state index is 0.0155. The van der Waals surface area contributed by atoms with E-state index >= 15 is 0 Å². The van der Waals surface area contributed by atoms with Crippen molar-refractivity contribution in [2.45, 2.75) is 43.2 Å². The molecule has 0 radical (unpaired) electrons. The number of H-pyrrole nitrogens is 1. The number of ether oxygens (including phenoxy) is 1. The lowest BCUT2D eigenvalue weighted by atomic mass is 9.88. The van der Waals surface area contributed by atoms with E-state index in [4.69, 9.17) is 9.72 Å². The number of rotatable bonds is 7. The number of hydrogen-bond acceptors (Lipinski definition) is 6. The second-order valence-corrected chi connectivity index (χ2v) is 9.81. The highest BCUT2D eigenvalue weighted by atomic mass is 32.2. The summed E-state index contributed by atoms with van der Waals surface area (Å²) in [6, 6.07) is 6.56. The quantitative estimate of drug-likeness (QED) is 0.309. The summed E-state index contributed by atoms with van der Waals surface area (Å²) >= 11 is 1.55. The first-order valence-corrected chi connectivity index (χ1v) is 12.7. The molecule has 0 spiro atoms. The highest BCUT2D eigenvalue weighted by Crippen LogP contribution is 2.36. The molecule has 2 aliphatic rings. The van der Waals surface area contributed by atoms with Crippen LogP contribution in [0.4, 0.5) is 4.39 Å². The van der Waals surface area contributed by atoms with E-state index in [9.17, 15) is 9.18 Å². The number of carbonyl (C=O) groups excluding carboxylic acids is 1. The molecule has 2 aromatic heterocycles. The number of carbonyl (C=O) groups is 1. The number of nitrogens with zero attached hydrogens (tertiary/aromatic N) is 4. The van der Waals surface area contributed by atoms with E-state index in [0.29, 0.717) is 30.5 Å². The average molecular weight is 482 g/mol. The van der Waals surface area contributed by atoms with Crippen LogP contribution in [0.2, 0.25) is 0 Å². The lowest BCUT2D eigenvalue weighted by molar-refractivity contribution is 0.0705. The van der Waals surface area contributed by atoms with Gasteiger partial charge in [-0.2, -0.15) is 5.10 Å². The summed E-state index contributed by atoms with van der Waals surface area (Å²) in [7, 11) is 1.67. The molecule has 34 heavy (non-hydrogen) atoms. The summed E-state index contributed by atoms with van der Waals surface area (Å²) < 4.78 is 19.1. The van der Waals surface area contributed by atoms with Gasteiger partial charge in [0.15, 0.2) is 10.9 Å². The predicted octanol–water partition coefficient (Wildman–Crippen LogP) is 4.25. The zero-order chi connectivity index (χ0) is 23.5. The largest absolute Gasteiger partial charge is 0.384 e. The Hall–Kier alpha value is -2.78. The van der Waals surface area contributed by atoms with Crippen molar-refractivity contribution >= 4 is 17.7 Å². The lowest BCUT2D eigenvalue weighted by Crippen LogP contribution is -2.38. The number of aryl methyl sites for hydroxylation is 1. The Bertz CT molecular complexity index is 1180. The van der Waals surface area contributed by atoms with Gasteiger partial charge in [0.05, 0.1) is 12.3 Å². The molecule has 0 saturated carbocycles. The van der Waals surface area contributed by atoms with E-state index < -0.39 is 0 Å². The third kappa shape index (κ3) is 4.72. The van der Waals surface area contributed by atoms with Gasteiger partial charge in [-0.15, -0.1) is 0 Å². The highest BCUT2D eigenvalue weighted by molar-refractivity contribution is 7.99. The molecule has 178 valence electrons. The number of methoxy groups -OCH3 is 1. The van der Waals surface area contributed by atoms with Crippen molar-refractivity contribution in [3.63, 3.8) is 0 Å². The summed E-state index contributed by atoms with van der Waals surface area (Å²) in [5.41, 5.74) is 5.34. The zero-order valence-corrected chi connectivity index (χ0v) is 20.0. The number of aromatic nitrogens is 4. The number of likely N-dealkylation sites (tertiary alicyclic amines) is 1. The number of benzene rings is 1. The van der Waals surface area contributed by atoms with Crippen LogP contribution >= 0.6 is 11.8 Å². The molecule has 1 fully saturated rings. The summed E-state index contributed by atoms with van der Waals surface area (Å²) in [6.45, 7) is 1.90. The summed E-state index contributed by atoms with van der Waals surface area (Å²) in [5, 5.41) is 8.05. The van der Waals surface area contributed by atoms with Gasteiger partial charge < -0.3 is 9.64 Å². The van der Waals surface area contributed by atoms with Gasteiger partial charge >= 0.3 is 0 Å². The van der Waals surface area contributed by atoms with Crippen molar-refractivity contribution in [1.82, 2.24) is 25.1 Å². The molecule has 9 heteroatoms. The van der Waals surface area contributed by atoms with Crippen LogP contribution < -0.4 is 0 Å². The summed E-state index contributed by atoms with van der Waals surface area (Å²) in [5.74, 6) is 0.656. The second-order valence-electron chi connectivity index (χ2n) is 8.75. The number of amides is 1. The number of hydrogen-bond donors (Lipinski definition) is 1. The molecule has 0 bridgehead atoms. The minimum atomic E-state index is -0.283. The third-order valence-corrected chi connectivity index (χ3v) is 7.45. The normalized spacial score (nSPS) is 16.1. The van der Waals surface area contributed by atoms with Gasteiger partial charge in [0.25, 0.3) is 5.91 Å². The van der Waals surface area contributed by atoms with Gasteiger partial charge in [0, 0.05) is 54.9 Å². The minimum Gasteiger partial charge on any atom is -0.384 e. The Labute approximate surface area is 202 Å². The van der Waals surface area contributed by atoms with E-state index in [2.05, 4.69) is 15.2 Å². The van der Waals surface area contributed by atoms with Crippen LogP contribution in [0.15, 0.2) is 35.6 Å². The molecule has 0 atom stereocenters. The lowest BCUT2D eigenvalue weighted by Gasteiger charge is -2.32. The monoisotopic (exact) mass is 481 g/mol. The number of piperidine rings is 1. The predicted molar refractivity (Wildman–Crippen MR) is 129 cm³/mol.